The molecule has 0 spiro atoms. The highest BCUT2D eigenvalue weighted by atomic mass is 79.9. The van der Waals surface area contributed by atoms with Gasteiger partial charge in [0.25, 0.3) is 0 Å². The minimum Gasteiger partial charge on any atom is -0.454 e. The van der Waals surface area contributed by atoms with Gasteiger partial charge in [-0.1, -0.05) is 31.9 Å². The van der Waals surface area contributed by atoms with Gasteiger partial charge in [0.05, 0.1) is 11.6 Å². The Labute approximate surface area is 120 Å². The van der Waals surface area contributed by atoms with E-state index in [9.17, 15) is 4.39 Å². The van der Waals surface area contributed by atoms with Crippen LogP contribution in [-0.4, -0.2) is 0 Å². The first kappa shape index (κ1) is 13.1. The van der Waals surface area contributed by atoms with Crippen molar-refractivity contribution in [3.8, 4) is 17.6 Å². The maximum atomic E-state index is 13.6. The van der Waals surface area contributed by atoms with Gasteiger partial charge in [-0.05, 0) is 36.4 Å². The second kappa shape index (κ2) is 5.51. The standard InChI is InChI=1S/C13H6Br2FNO/c14-9-1-2-13(12(16)6-9)18-11-4-8(7-17)3-10(15)5-11/h1-6H. The number of hydrogen-bond acceptors (Lipinski definition) is 2. The third-order valence-corrected chi connectivity index (χ3v) is 3.07. The van der Waals surface area contributed by atoms with E-state index in [2.05, 4.69) is 31.9 Å². The Hall–Kier alpha value is -1.38. The fraction of sp³-hybridized carbons (Fsp3) is 0. The molecule has 18 heavy (non-hydrogen) atoms. The van der Waals surface area contributed by atoms with Crippen LogP contribution in [0, 0.1) is 17.1 Å². The summed E-state index contributed by atoms with van der Waals surface area (Å²) >= 11 is 6.43. The van der Waals surface area contributed by atoms with Crippen molar-refractivity contribution >= 4 is 31.9 Å². The molecule has 0 unspecified atom stereocenters. The van der Waals surface area contributed by atoms with Gasteiger partial charge in [0, 0.05) is 8.95 Å². The van der Waals surface area contributed by atoms with Crippen LogP contribution in [0.5, 0.6) is 11.5 Å². The van der Waals surface area contributed by atoms with Crippen LogP contribution in [0.25, 0.3) is 0 Å². The van der Waals surface area contributed by atoms with Crippen LogP contribution in [0.3, 0.4) is 0 Å². The van der Waals surface area contributed by atoms with E-state index in [0.29, 0.717) is 20.3 Å². The van der Waals surface area contributed by atoms with Crippen molar-refractivity contribution in [3.63, 3.8) is 0 Å². The van der Waals surface area contributed by atoms with Crippen LogP contribution < -0.4 is 4.74 Å². The summed E-state index contributed by atoms with van der Waals surface area (Å²) in [5.41, 5.74) is 0.442. The molecular formula is C13H6Br2FNO. The van der Waals surface area contributed by atoms with Gasteiger partial charge in [0.2, 0.25) is 0 Å². The van der Waals surface area contributed by atoms with Gasteiger partial charge >= 0.3 is 0 Å². The highest BCUT2D eigenvalue weighted by Crippen LogP contribution is 2.29. The summed E-state index contributed by atoms with van der Waals surface area (Å²) in [7, 11) is 0. The molecular weight excluding hydrogens is 365 g/mol. The van der Waals surface area contributed by atoms with Crippen molar-refractivity contribution in [3.05, 3.63) is 56.7 Å². The van der Waals surface area contributed by atoms with Gasteiger partial charge in [0.15, 0.2) is 11.6 Å². The van der Waals surface area contributed by atoms with Crippen LogP contribution >= 0.6 is 31.9 Å². The van der Waals surface area contributed by atoms with E-state index >= 15 is 0 Å². The van der Waals surface area contributed by atoms with E-state index in [1.807, 2.05) is 6.07 Å². The molecule has 0 N–H and O–H groups in total. The Bertz CT molecular complexity index is 637. The average molecular weight is 371 g/mol. The van der Waals surface area contributed by atoms with E-state index < -0.39 is 5.82 Å². The molecule has 0 fully saturated rings. The van der Waals surface area contributed by atoms with Gasteiger partial charge in [-0.3, -0.25) is 0 Å². The van der Waals surface area contributed by atoms with E-state index in [1.165, 1.54) is 12.1 Å². The monoisotopic (exact) mass is 369 g/mol. The third-order valence-electron chi connectivity index (χ3n) is 2.12. The molecule has 0 radical (unpaired) electrons. The minimum atomic E-state index is -0.470. The summed E-state index contributed by atoms with van der Waals surface area (Å²) in [6.45, 7) is 0. The molecule has 5 heteroatoms. The zero-order valence-electron chi connectivity index (χ0n) is 8.95. The maximum absolute atomic E-state index is 13.6. The Morgan fingerprint density at radius 2 is 1.83 bits per heavy atom. The zero-order valence-corrected chi connectivity index (χ0v) is 12.1. The van der Waals surface area contributed by atoms with Gasteiger partial charge < -0.3 is 4.74 Å². The zero-order chi connectivity index (χ0) is 13.1. The Balaban J connectivity index is 2.34. The second-order valence-electron chi connectivity index (χ2n) is 3.46. The van der Waals surface area contributed by atoms with Crippen molar-refractivity contribution in [2.75, 3.05) is 0 Å². The lowest BCUT2D eigenvalue weighted by Crippen LogP contribution is -1.89. The summed E-state index contributed by atoms with van der Waals surface area (Å²) < 4.78 is 20.3. The lowest BCUT2D eigenvalue weighted by molar-refractivity contribution is 0.441. The predicted octanol–water partition coefficient (Wildman–Crippen LogP) is 5.01. The molecule has 2 nitrogen and oxygen atoms in total. The van der Waals surface area contributed by atoms with Crippen LogP contribution in [0.2, 0.25) is 0 Å². The summed E-state index contributed by atoms with van der Waals surface area (Å²) in [5.74, 6) is 0.0465. The molecule has 0 aliphatic rings. The molecule has 0 aromatic heterocycles. The van der Waals surface area contributed by atoms with E-state index in [4.69, 9.17) is 10.00 Å². The molecule has 0 amide bonds. The van der Waals surface area contributed by atoms with Crippen molar-refractivity contribution < 1.29 is 9.13 Å². The quantitative estimate of drug-likeness (QED) is 0.743. The molecule has 0 aliphatic heterocycles. The second-order valence-corrected chi connectivity index (χ2v) is 5.30. The van der Waals surface area contributed by atoms with Crippen molar-refractivity contribution in [2.24, 2.45) is 0 Å². The number of nitrogens with zero attached hydrogens (tertiary/aromatic N) is 1. The van der Waals surface area contributed by atoms with E-state index in [1.54, 1.807) is 24.3 Å². The van der Waals surface area contributed by atoms with Gasteiger partial charge in [0.1, 0.15) is 5.75 Å². The number of benzene rings is 2. The molecule has 0 bridgehead atoms. The number of nitriles is 1. The average Bonchev–Trinajstić information content (AvgIpc) is 2.32. The van der Waals surface area contributed by atoms with Crippen molar-refractivity contribution in [2.45, 2.75) is 0 Å². The topological polar surface area (TPSA) is 33.0 Å². The molecule has 2 rings (SSSR count). The third kappa shape index (κ3) is 3.09. The molecule has 0 saturated heterocycles. The maximum Gasteiger partial charge on any atom is 0.166 e. The molecule has 0 aliphatic carbocycles. The first-order chi connectivity index (χ1) is 8.58. The lowest BCUT2D eigenvalue weighted by Gasteiger charge is -2.07. The lowest BCUT2D eigenvalue weighted by atomic mass is 10.2. The molecule has 0 atom stereocenters. The van der Waals surface area contributed by atoms with Crippen molar-refractivity contribution in [1.82, 2.24) is 0 Å². The number of ether oxygens (including phenoxy) is 1. The van der Waals surface area contributed by atoms with Crippen LogP contribution in [0.15, 0.2) is 45.3 Å². The van der Waals surface area contributed by atoms with E-state index in [-0.39, 0.29) is 5.75 Å². The Kier molecular flexibility index (Phi) is 4.00. The summed E-state index contributed by atoms with van der Waals surface area (Å²) in [5, 5.41) is 8.84. The van der Waals surface area contributed by atoms with Gasteiger partial charge in [-0.2, -0.15) is 5.26 Å². The first-order valence-corrected chi connectivity index (χ1v) is 6.50. The van der Waals surface area contributed by atoms with E-state index in [0.717, 1.165) is 0 Å². The summed E-state index contributed by atoms with van der Waals surface area (Å²) in [6.07, 6.45) is 0. The highest BCUT2D eigenvalue weighted by Gasteiger charge is 2.07. The fourth-order valence-corrected chi connectivity index (χ4v) is 2.18. The number of halogens is 3. The molecule has 2 aromatic rings. The largest absolute Gasteiger partial charge is 0.454 e. The van der Waals surface area contributed by atoms with Crippen LogP contribution in [0.4, 0.5) is 4.39 Å². The fourth-order valence-electron chi connectivity index (χ4n) is 1.37. The van der Waals surface area contributed by atoms with Gasteiger partial charge in [-0.15, -0.1) is 0 Å². The Morgan fingerprint density at radius 1 is 1.06 bits per heavy atom. The number of hydrogen-bond donors (Lipinski definition) is 0. The highest BCUT2D eigenvalue weighted by molar-refractivity contribution is 9.10. The summed E-state index contributed by atoms with van der Waals surface area (Å²) in [4.78, 5) is 0. The normalized spacial score (nSPS) is 9.89. The van der Waals surface area contributed by atoms with Gasteiger partial charge in [-0.25, -0.2) is 4.39 Å². The molecule has 0 saturated carbocycles. The van der Waals surface area contributed by atoms with Crippen LogP contribution in [-0.2, 0) is 0 Å². The SMILES string of the molecule is N#Cc1cc(Br)cc(Oc2ccc(Br)cc2F)c1. The molecule has 90 valence electrons. The predicted molar refractivity (Wildman–Crippen MR) is 73.0 cm³/mol. The van der Waals surface area contributed by atoms with Crippen molar-refractivity contribution in [1.29, 1.82) is 5.26 Å². The first-order valence-electron chi connectivity index (χ1n) is 4.92. The molecule has 0 heterocycles. The van der Waals surface area contributed by atoms with Crippen LogP contribution in [0.1, 0.15) is 5.56 Å². The molecule has 2 aromatic carbocycles. The number of rotatable bonds is 2. The Morgan fingerprint density at radius 3 is 2.50 bits per heavy atom. The minimum absolute atomic E-state index is 0.111. The summed E-state index contributed by atoms with van der Waals surface area (Å²) in [6, 6.07) is 11.4. The smallest absolute Gasteiger partial charge is 0.166 e.